The van der Waals surface area contributed by atoms with E-state index in [0.717, 1.165) is 58.3 Å². The van der Waals surface area contributed by atoms with E-state index in [1.807, 2.05) is 0 Å². The molecule has 2 rings (SSSR count). The van der Waals surface area contributed by atoms with Gasteiger partial charge in [0.15, 0.2) is 5.96 Å². The summed E-state index contributed by atoms with van der Waals surface area (Å²) >= 11 is 0. The molecule has 1 saturated heterocycles. The molecule has 1 aromatic rings. The standard InChI is InChI=1S/C21H36N4O.HI/c1-5-22-20(23-12-11-18(2)19-9-7-6-8-10-19)24-17-21(3,4)25-13-15-26-16-14-25;/h6-10,18H,5,11-17H2,1-4H3,(H2,22,23,24);1H. The second-order valence-corrected chi connectivity index (χ2v) is 7.63. The van der Waals surface area contributed by atoms with E-state index in [2.05, 4.69) is 73.6 Å². The van der Waals surface area contributed by atoms with Gasteiger partial charge in [-0.05, 0) is 38.7 Å². The molecule has 0 aliphatic carbocycles. The zero-order chi connectivity index (χ0) is 18.8. The van der Waals surface area contributed by atoms with E-state index in [-0.39, 0.29) is 29.5 Å². The number of benzene rings is 1. The Balaban J connectivity index is 0.00000364. The van der Waals surface area contributed by atoms with Gasteiger partial charge in [-0.25, -0.2) is 0 Å². The van der Waals surface area contributed by atoms with Crippen LogP contribution < -0.4 is 10.6 Å². The van der Waals surface area contributed by atoms with Gasteiger partial charge in [-0.15, -0.1) is 24.0 Å². The highest BCUT2D eigenvalue weighted by Crippen LogP contribution is 2.18. The third kappa shape index (κ3) is 8.35. The molecule has 1 unspecified atom stereocenters. The van der Waals surface area contributed by atoms with Crippen molar-refractivity contribution in [2.24, 2.45) is 4.99 Å². The normalized spacial score (nSPS) is 17.1. The van der Waals surface area contributed by atoms with Crippen LogP contribution in [0.25, 0.3) is 0 Å². The largest absolute Gasteiger partial charge is 0.379 e. The maximum Gasteiger partial charge on any atom is 0.191 e. The Hall–Kier alpha value is -0.860. The molecular formula is C21H37IN4O. The molecule has 1 fully saturated rings. The summed E-state index contributed by atoms with van der Waals surface area (Å²) in [5.74, 6) is 1.45. The fourth-order valence-corrected chi connectivity index (χ4v) is 3.24. The number of ether oxygens (including phenoxy) is 1. The summed E-state index contributed by atoms with van der Waals surface area (Å²) in [6, 6.07) is 10.7. The lowest BCUT2D eigenvalue weighted by molar-refractivity contribution is -0.00683. The molecule has 0 bridgehead atoms. The second kappa shape index (κ2) is 12.6. The topological polar surface area (TPSA) is 48.9 Å². The van der Waals surface area contributed by atoms with Gasteiger partial charge in [0.25, 0.3) is 0 Å². The lowest BCUT2D eigenvalue weighted by atomic mass is 9.98. The fraction of sp³-hybridized carbons (Fsp3) is 0.667. The smallest absolute Gasteiger partial charge is 0.191 e. The predicted molar refractivity (Wildman–Crippen MR) is 125 cm³/mol. The van der Waals surface area contributed by atoms with E-state index in [9.17, 15) is 0 Å². The molecular weight excluding hydrogens is 451 g/mol. The van der Waals surface area contributed by atoms with E-state index in [4.69, 9.17) is 9.73 Å². The lowest BCUT2D eigenvalue weighted by Crippen LogP contribution is -2.52. The molecule has 1 aliphatic rings. The van der Waals surface area contributed by atoms with Gasteiger partial charge in [-0.1, -0.05) is 37.3 Å². The van der Waals surface area contributed by atoms with Gasteiger partial charge in [-0.2, -0.15) is 0 Å². The Morgan fingerprint density at radius 1 is 1.19 bits per heavy atom. The molecule has 0 saturated carbocycles. The third-order valence-corrected chi connectivity index (χ3v) is 5.07. The minimum atomic E-state index is 0. The quantitative estimate of drug-likeness (QED) is 0.334. The first-order valence-corrected chi connectivity index (χ1v) is 9.93. The van der Waals surface area contributed by atoms with Crippen molar-refractivity contribution in [3.05, 3.63) is 35.9 Å². The van der Waals surface area contributed by atoms with Crippen LogP contribution in [0.15, 0.2) is 35.3 Å². The fourth-order valence-electron chi connectivity index (χ4n) is 3.24. The van der Waals surface area contributed by atoms with Crippen molar-refractivity contribution in [2.75, 3.05) is 45.9 Å². The molecule has 6 heteroatoms. The van der Waals surface area contributed by atoms with Crippen LogP contribution in [-0.4, -0.2) is 62.3 Å². The molecule has 154 valence electrons. The number of nitrogens with one attached hydrogen (secondary N) is 2. The lowest BCUT2D eigenvalue weighted by Gasteiger charge is -2.39. The minimum Gasteiger partial charge on any atom is -0.379 e. The minimum absolute atomic E-state index is 0. The number of nitrogens with zero attached hydrogens (tertiary/aromatic N) is 2. The highest BCUT2D eigenvalue weighted by molar-refractivity contribution is 14.0. The van der Waals surface area contributed by atoms with Crippen molar-refractivity contribution in [3.63, 3.8) is 0 Å². The highest BCUT2D eigenvalue weighted by atomic mass is 127. The Kier molecular flexibility index (Phi) is 11.3. The number of hydrogen-bond acceptors (Lipinski definition) is 3. The molecule has 0 radical (unpaired) electrons. The summed E-state index contributed by atoms with van der Waals surface area (Å²) in [4.78, 5) is 7.32. The monoisotopic (exact) mass is 488 g/mol. The first-order valence-electron chi connectivity index (χ1n) is 9.93. The van der Waals surface area contributed by atoms with E-state index < -0.39 is 0 Å². The molecule has 0 amide bonds. The number of hydrogen-bond donors (Lipinski definition) is 2. The van der Waals surface area contributed by atoms with E-state index >= 15 is 0 Å². The van der Waals surface area contributed by atoms with Gasteiger partial charge in [-0.3, -0.25) is 9.89 Å². The zero-order valence-electron chi connectivity index (χ0n) is 17.3. The molecule has 27 heavy (non-hydrogen) atoms. The first kappa shape index (κ1) is 24.2. The molecule has 1 aromatic carbocycles. The van der Waals surface area contributed by atoms with Crippen molar-refractivity contribution in [2.45, 2.75) is 45.6 Å². The van der Waals surface area contributed by atoms with Gasteiger partial charge in [0.1, 0.15) is 0 Å². The summed E-state index contributed by atoms with van der Waals surface area (Å²) < 4.78 is 5.47. The molecule has 1 heterocycles. The molecule has 1 aliphatic heterocycles. The van der Waals surface area contributed by atoms with E-state index in [1.165, 1.54) is 5.56 Å². The second-order valence-electron chi connectivity index (χ2n) is 7.63. The van der Waals surface area contributed by atoms with Crippen LogP contribution in [-0.2, 0) is 4.74 Å². The van der Waals surface area contributed by atoms with Gasteiger partial charge in [0.05, 0.1) is 19.8 Å². The average Bonchev–Trinajstić information content (AvgIpc) is 2.67. The number of rotatable bonds is 8. The van der Waals surface area contributed by atoms with Crippen LogP contribution in [0.2, 0.25) is 0 Å². The maximum atomic E-state index is 5.47. The molecule has 0 aromatic heterocycles. The van der Waals surface area contributed by atoms with E-state index in [1.54, 1.807) is 0 Å². The number of halogens is 1. The van der Waals surface area contributed by atoms with E-state index in [0.29, 0.717) is 5.92 Å². The van der Waals surface area contributed by atoms with Crippen LogP contribution in [0.3, 0.4) is 0 Å². The zero-order valence-corrected chi connectivity index (χ0v) is 19.7. The van der Waals surface area contributed by atoms with Crippen LogP contribution in [0, 0.1) is 0 Å². The molecule has 0 spiro atoms. The Bertz CT molecular complexity index is 544. The van der Waals surface area contributed by atoms with Crippen LogP contribution >= 0.6 is 24.0 Å². The van der Waals surface area contributed by atoms with Crippen molar-refractivity contribution in [3.8, 4) is 0 Å². The molecule has 2 N–H and O–H groups in total. The summed E-state index contributed by atoms with van der Waals surface area (Å²) in [7, 11) is 0. The maximum absolute atomic E-state index is 5.47. The van der Waals surface area contributed by atoms with Crippen molar-refractivity contribution in [1.82, 2.24) is 15.5 Å². The predicted octanol–water partition coefficient (Wildman–Crippen LogP) is 3.46. The molecule has 5 nitrogen and oxygen atoms in total. The van der Waals surface area contributed by atoms with Crippen molar-refractivity contribution < 1.29 is 4.74 Å². The van der Waals surface area contributed by atoms with Crippen molar-refractivity contribution in [1.29, 1.82) is 0 Å². The van der Waals surface area contributed by atoms with Gasteiger partial charge >= 0.3 is 0 Å². The van der Waals surface area contributed by atoms with Crippen LogP contribution in [0.5, 0.6) is 0 Å². The first-order chi connectivity index (χ1) is 12.5. The van der Waals surface area contributed by atoms with Crippen LogP contribution in [0.4, 0.5) is 0 Å². The Labute approximate surface area is 182 Å². The van der Waals surface area contributed by atoms with Gasteiger partial charge < -0.3 is 15.4 Å². The number of guanidine groups is 1. The van der Waals surface area contributed by atoms with Crippen molar-refractivity contribution >= 4 is 29.9 Å². The average molecular weight is 488 g/mol. The Morgan fingerprint density at radius 2 is 1.85 bits per heavy atom. The highest BCUT2D eigenvalue weighted by Gasteiger charge is 2.28. The number of morpholine rings is 1. The summed E-state index contributed by atoms with van der Waals surface area (Å²) in [6.45, 7) is 15.1. The van der Waals surface area contributed by atoms with Crippen LogP contribution in [0.1, 0.15) is 45.6 Å². The summed E-state index contributed by atoms with van der Waals surface area (Å²) in [5, 5.41) is 6.86. The Morgan fingerprint density at radius 3 is 2.48 bits per heavy atom. The third-order valence-electron chi connectivity index (χ3n) is 5.07. The summed E-state index contributed by atoms with van der Waals surface area (Å²) in [6.07, 6.45) is 1.08. The molecule has 1 atom stereocenters. The SMILES string of the molecule is CCNC(=NCC(C)(C)N1CCOCC1)NCCC(C)c1ccccc1.I. The van der Waals surface area contributed by atoms with Gasteiger partial charge in [0.2, 0.25) is 0 Å². The van der Waals surface area contributed by atoms with Gasteiger partial charge in [0, 0.05) is 31.7 Å². The summed E-state index contributed by atoms with van der Waals surface area (Å²) in [5.41, 5.74) is 1.44. The number of aliphatic imine (C=N–C) groups is 1.